The van der Waals surface area contributed by atoms with Gasteiger partial charge in [-0.3, -0.25) is 24.6 Å². The van der Waals surface area contributed by atoms with E-state index in [0.29, 0.717) is 21.8 Å². The SMILES string of the molecule is O=C(Nc1nc(-c2cccs2)cs1)c1ccc2c(c1)C(=O)N(C1CC1)C2=O. The number of nitrogens with zero attached hydrogens (tertiary/aromatic N) is 2. The van der Waals surface area contributed by atoms with Crippen molar-refractivity contribution in [2.45, 2.75) is 18.9 Å². The standard InChI is InChI=1S/C19H13N3O3S2/c23-16(21-19-20-14(9-27-19)15-2-1-7-26-15)10-3-6-12-13(8-10)18(25)22(17(12)24)11-4-5-11/h1-3,6-9,11H,4-5H2,(H,20,21,23). The van der Waals surface area contributed by atoms with Crippen LogP contribution < -0.4 is 5.32 Å². The molecule has 3 amide bonds. The molecule has 2 aromatic heterocycles. The average Bonchev–Trinajstić information content (AvgIpc) is 3.08. The average molecular weight is 395 g/mol. The van der Waals surface area contributed by atoms with Gasteiger partial charge in [-0.15, -0.1) is 22.7 Å². The molecule has 1 aliphatic heterocycles. The summed E-state index contributed by atoms with van der Waals surface area (Å²) in [5, 5.41) is 7.12. The molecule has 2 aliphatic rings. The Morgan fingerprint density at radius 3 is 2.67 bits per heavy atom. The van der Waals surface area contributed by atoms with E-state index in [0.717, 1.165) is 23.4 Å². The fourth-order valence-electron chi connectivity index (χ4n) is 3.10. The van der Waals surface area contributed by atoms with E-state index in [-0.39, 0.29) is 23.8 Å². The third kappa shape index (κ3) is 2.77. The maximum Gasteiger partial charge on any atom is 0.261 e. The van der Waals surface area contributed by atoms with Gasteiger partial charge in [0, 0.05) is 17.0 Å². The molecule has 1 aliphatic carbocycles. The Labute approximate surface area is 162 Å². The summed E-state index contributed by atoms with van der Waals surface area (Å²) in [6, 6.07) is 8.57. The first-order valence-electron chi connectivity index (χ1n) is 8.44. The van der Waals surface area contributed by atoms with Crippen LogP contribution in [-0.4, -0.2) is 33.6 Å². The van der Waals surface area contributed by atoms with Crippen LogP contribution in [0.2, 0.25) is 0 Å². The second kappa shape index (κ2) is 6.11. The third-order valence-corrected chi connectivity index (χ3v) is 6.24. The zero-order valence-electron chi connectivity index (χ0n) is 14.0. The molecule has 134 valence electrons. The van der Waals surface area contributed by atoms with Gasteiger partial charge in [-0.1, -0.05) is 6.07 Å². The van der Waals surface area contributed by atoms with E-state index in [1.807, 2.05) is 22.9 Å². The van der Waals surface area contributed by atoms with Crippen molar-refractivity contribution in [2.75, 3.05) is 5.32 Å². The molecule has 1 aromatic carbocycles. The van der Waals surface area contributed by atoms with Crippen molar-refractivity contribution in [3.05, 3.63) is 57.8 Å². The van der Waals surface area contributed by atoms with E-state index in [1.54, 1.807) is 23.5 Å². The van der Waals surface area contributed by atoms with Crippen LogP contribution in [0.4, 0.5) is 5.13 Å². The lowest BCUT2D eigenvalue weighted by Crippen LogP contribution is -2.31. The third-order valence-electron chi connectivity index (χ3n) is 4.59. The molecule has 0 atom stereocenters. The lowest BCUT2D eigenvalue weighted by atomic mass is 10.1. The van der Waals surface area contributed by atoms with Crippen molar-refractivity contribution in [2.24, 2.45) is 0 Å². The Bertz CT molecular complexity index is 1080. The maximum absolute atomic E-state index is 12.6. The van der Waals surface area contributed by atoms with Crippen LogP contribution in [-0.2, 0) is 0 Å². The highest BCUT2D eigenvalue weighted by molar-refractivity contribution is 7.16. The predicted octanol–water partition coefficient (Wildman–Crippen LogP) is 3.88. The smallest absolute Gasteiger partial charge is 0.261 e. The van der Waals surface area contributed by atoms with E-state index in [4.69, 9.17) is 0 Å². The normalized spacial score (nSPS) is 15.9. The largest absolute Gasteiger partial charge is 0.298 e. The number of fused-ring (bicyclic) bond motifs is 1. The van der Waals surface area contributed by atoms with Crippen molar-refractivity contribution < 1.29 is 14.4 Å². The monoisotopic (exact) mass is 395 g/mol. The van der Waals surface area contributed by atoms with Gasteiger partial charge in [-0.25, -0.2) is 4.98 Å². The number of benzene rings is 1. The number of thiophene rings is 1. The van der Waals surface area contributed by atoms with Crippen LogP contribution in [0.25, 0.3) is 10.6 Å². The number of amides is 3. The van der Waals surface area contributed by atoms with Gasteiger partial charge in [0.05, 0.1) is 21.7 Å². The van der Waals surface area contributed by atoms with Gasteiger partial charge in [0.1, 0.15) is 0 Å². The summed E-state index contributed by atoms with van der Waals surface area (Å²) in [7, 11) is 0. The fraction of sp³-hybridized carbons (Fsp3) is 0.158. The van der Waals surface area contributed by atoms with Gasteiger partial charge in [0.2, 0.25) is 0 Å². The molecular formula is C19H13N3O3S2. The molecular weight excluding hydrogens is 382 g/mol. The zero-order valence-corrected chi connectivity index (χ0v) is 15.6. The Balaban J connectivity index is 1.38. The second-order valence-corrected chi connectivity index (χ2v) is 8.25. The van der Waals surface area contributed by atoms with Crippen molar-refractivity contribution in [1.29, 1.82) is 0 Å². The number of carbonyl (C=O) groups excluding carboxylic acids is 3. The quantitative estimate of drug-likeness (QED) is 0.680. The molecule has 27 heavy (non-hydrogen) atoms. The van der Waals surface area contributed by atoms with Gasteiger partial charge in [0.15, 0.2) is 5.13 Å². The molecule has 0 spiro atoms. The van der Waals surface area contributed by atoms with Gasteiger partial charge in [-0.2, -0.15) is 0 Å². The number of carbonyl (C=O) groups is 3. The molecule has 0 saturated heterocycles. The summed E-state index contributed by atoms with van der Waals surface area (Å²) >= 11 is 2.93. The van der Waals surface area contributed by atoms with Crippen molar-refractivity contribution in [3.63, 3.8) is 0 Å². The van der Waals surface area contributed by atoms with Crippen LogP contribution in [0.5, 0.6) is 0 Å². The molecule has 3 aromatic rings. The van der Waals surface area contributed by atoms with Crippen LogP contribution in [0, 0.1) is 0 Å². The molecule has 0 unspecified atom stereocenters. The Kier molecular flexibility index (Phi) is 3.70. The number of hydrogen-bond donors (Lipinski definition) is 1. The predicted molar refractivity (Wildman–Crippen MR) is 103 cm³/mol. The van der Waals surface area contributed by atoms with Crippen molar-refractivity contribution in [1.82, 2.24) is 9.88 Å². The molecule has 0 radical (unpaired) electrons. The molecule has 6 nitrogen and oxygen atoms in total. The second-order valence-electron chi connectivity index (χ2n) is 6.44. The lowest BCUT2D eigenvalue weighted by Gasteiger charge is -2.11. The Hall–Kier alpha value is -2.84. The van der Waals surface area contributed by atoms with E-state index in [1.165, 1.54) is 22.3 Å². The number of nitrogens with one attached hydrogen (secondary N) is 1. The first kappa shape index (κ1) is 16.3. The maximum atomic E-state index is 12.6. The summed E-state index contributed by atoms with van der Waals surface area (Å²) in [5.41, 5.74) is 1.83. The van der Waals surface area contributed by atoms with Crippen LogP contribution >= 0.6 is 22.7 Å². The zero-order chi connectivity index (χ0) is 18.5. The minimum Gasteiger partial charge on any atom is -0.298 e. The molecule has 1 fully saturated rings. The minimum atomic E-state index is -0.352. The summed E-state index contributed by atoms with van der Waals surface area (Å²) in [6.45, 7) is 0. The van der Waals surface area contributed by atoms with Gasteiger partial charge in [0.25, 0.3) is 17.7 Å². The number of aromatic nitrogens is 1. The van der Waals surface area contributed by atoms with Crippen molar-refractivity contribution >= 4 is 45.5 Å². The molecule has 8 heteroatoms. The van der Waals surface area contributed by atoms with Gasteiger partial charge >= 0.3 is 0 Å². The molecule has 1 N–H and O–H groups in total. The van der Waals surface area contributed by atoms with E-state index >= 15 is 0 Å². The molecule has 5 rings (SSSR count). The summed E-state index contributed by atoms with van der Waals surface area (Å²) in [5.74, 6) is -0.915. The first-order chi connectivity index (χ1) is 13.1. The number of imide groups is 1. The van der Waals surface area contributed by atoms with Gasteiger partial charge < -0.3 is 0 Å². The Morgan fingerprint density at radius 2 is 1.93 bits per heavy atom. The topological polar surface area (TPSA) is 79.4 Å². The van der Waals surface area contributed by atoms with Crippen LogP contribution in [0.1, 0.15) is 43.9 Å². The summed E-state index contributed by atoms with van der Waals surface area (Å²) in [4.78, 5) is 44.3. The first-order valence-corrected chi connectivity index (χ1v) is 10.2. The molecule has 0 bridgehead atoms. The van der Waals surface area contributed by atoms with Crippen LogP contribution in [0.3, 0.4) is 0 Å². The number of anilines is 1. The highest BCUT2D eigenvalue weighted by Crippen LogP contribution is 2.35. The number of hydrogen-bond acceptors (Lipinski definition) is 6. The molecule has 1 saturated carbocycles. The lowest BCUT2D eigenvalue weighted by molar-refractivity contribution is 0.0642. The van der Waals surface area contributed by atoms with E-state index in [2.05, 4.69) is 10.3 Å². The summed E-state index contributed by atoms with van der Waals surface area (Å²) in [6.07, 6.45) is 1.71. The van der Waals surface area contributed by atoms with Crippen LogP contribution in [0.15, 0.2) is 41.1 Å². The van der Waals surface area contributed by atoms with Crippen molar-refractivity contribution in [3.8, 4) is 10.6 Å². The van der Waals surface area contributed by atoms with E-state index < -0.39 is 0 Å². The highest BCUT2D eigenvalue weighted by atomic mass is 32.1. The fourth-order valence-corrected chi connectivity index (χ4v) is 4.57. The molecule has 3 heterocycles. The van der Waals surface area contributed by atoms with Gasteiger partial charge in [-0.05, 0) is 42.5 Å². The van der Waals surface area contributed by atoms with E-state index in [9.17, 15) is 14.4 Å². The summed E-state index contributed by atoms with van der Waals surface area (Å²) < 4.78 is 0. The highest BCUT2D eigenvalue weighted by Gasteiger charge is 2.44. The number of thiazole rings is 1. The number of rotatable bonds is 4. The minimum absolute atomic E-state index is 0.0145. The Morgan fingerprint density at radius 1 is 1.11 bits per heavy atom.